The van der Waals surface area contributed by atoms with Crippen molar-refractivity contribution in [2.75, 3.05) is 34.8 Å². The van der Waals surface area contributed by atoms with Crippen molar-refractivity contribution in [3.63, 3.8) is 0 Å². The third kappa shape index (κ3) is 3.73. The van der Waals surface area contributed by atoms with Gasteiger partial charge in [0.2, 0.25) is 0 Å². The first-order valence-corrected chi connectivity index (χ1v) is 10.6. The molecule has 152 valence electrons. The Bertz CT molecular complexity index is 1030. The SMILES string of the molecule is O=C(Nc1ccc(N2CCCCC2)cc1)c1cnc(N2CCc3ccccc32)cn1. The number of amides is 1. The largest absolute Gasteiger partial charge is 0.372 e. The van der Waals surface area contributed by atoms with E-state index in [9.17, 15) is 4.79 Å². The van der Waals surface area contributed by atoms with Gasteiger partial charge in [0.1, 0.15) is 5.69 Å². The summed E-state index contributed by atoms with van der Waals surface area (Å²) in [6, 6.07) is 16.4. The van der Waals surface area contributed by atoms with E-state index in [0.29, 0.717) is 5.69 Å². The number of carbonyl (C=O) groups excluding carboxylic acids is 1. The van der Waals surface area contributed by atoms with Crippen LogP contribution in [0, 0.1) is 0 Å². The van der Waals surface area contributed by atoms with E-state index in [4.69, 9.17) is 0 Å². The van der Waals surface area contributed by atoms with Gasteiger partial charge in [-0.15, -0.1) is 0 Å². The molecule has 6 nitrogen and oxygen atoms in total. The van der Waals surface area contributed by atoms with E-state index in [-0.39, 0.29) is 5.91 Å². The van der Waals surface area contributed by atoms with Crippen LogP contribution in [-0.4, -0.2) is 35.5 Å². The van der Waals surface area contributed by atoms with Crippen LogP contribution in [0.15, 0.2) is 60.9 Å². The molecule has 0 atom stereocenters. The normalized spacial score (nSPS) is 15.7. The Balaban J connectivity index is 1.24. The van der Waals surface area contributed by atoms with Gasteiger partial charge in [-0.3, -0.25) is 4.79 Å². The molecule has 3 heterocycles. The highest BCUT2D eigenvalue weighted by Gasteiger charge is 2.21. The van der Waals surface area contributed by atoms with Crippen molar-refractivity contribution in [3.05, 3.63) is 72.2 Å². The summed E-state index contributed by atoms with van der Waals surface area (Å²) in [5.74, 6) is 0.518. The Hall–Kier alpha value is -3.41. The first-order chi connectivity index (χ1) is 14.8. The zero-order chi connectivity index (χ0) is 20.3. The predicted octanol–water partition coefficient (Wildman–Crippen LogP) is 4.41. The minimum Gasteiger partial charge on any atom is -0.372 e. The van der Waals surface area contributed by atoms with Gasteiger partial charge in [0.05, 0.1) is 12.4 Å². The van der Waals surface area contributed by atoms with Gasteiger partial charge in [-0.1, -0.05) is 18.2 Å². The topological polar surface area (TPSA) is 61.4 Å². The predicted molar refractivity (Wildman–Crippen MR) is 120 cm³/mol. The van der Waals surface area contributed by atoms with Crippen LogP contribution < -0.4 is 15.1 Å². The van der Waals surface area contributed by atoms with Crippen LogP contribution in [0.1, 0.15) is 35.3 Å². The molecule has 0 aliphatic carbocycles. The molecule has 5 rings (SSSR count). The third-order valence-electron chi connectivity index (χ3n) is 5.88. The zero-order valence-electron chi connectivity index (χ0n) is 16.9. The van der Waals surface area contributed by atoms with Gasteiger partial charge in [-0.25, -0.2) is 9.97 Å². The van der Waals surface area contributed by atoms with Gasteiger partial charge in [0, 0.05) is 36.7 Å². The van der Waals surface area contributed by atoms with E-state index in [1.807, 2.05) is 18.2 Å². The molecule has 1 aromatic heterocycles. The maximum atomic E-state index is 12.6. The maximum Gasteiger partial charge on any atom is 0.275 e. The fourth-order valence-electron chi connectivity index (χ4n) is 4.26. The molecular weight excluding hydrogens is 374 g/mol. The Labute approximate surface area is 176 Å². The highest BCUT2D eigenvalue weighted by molar-refractivity contribution is 6.02. The van der Waals surface area contributed by atoms with Gasteiger partial charge in [-0.05, 0) is 61.6 Å². The lowest BCUT2D eigenvalue weighted by Gasteiger charge is -2.28. The van der Waals surface area contributed by atoms with Gasteiger partial charge < -0.3 is 15.1 Å². The molecule has 0 spiro atoms. The number of nitrogens with one attached hydrogen (secondary N) is 1. The van der Waals surface area contributed by atoms with Crippen molar-refractivity contribution < 1.29 is 4.79 Å². The molecule has 1 fully saturated rings. The van der Waals surface area contributed by atoms with Crippen molar-refractivity contribution in [2.24, 2.45) is 0 Å². The molecule has 2 aliphatic rings. The summed E-state index contributed by atoms with van der Waals surface area (Å²) < 4.78 is 0. The summed E-state index contributed by atoms with van der Waals surface area (Å²) in [5.41, 5.74) is 4.76. The van der Waals surface area contributed by atoms with Gasteiger partial charge in [-0.2, -0.15) is 0 Å². The maximum absolute atomic E-state index is 12.6. The molecular formula is C24H25N5O. The third-order valence-corrected chi connectivity index (χ3v) is 5.88. The highest BCUT2D eigenvalue weighted by atomic mass is 16.1. The average molecular weight is 399 g/mol. The number of rotatable bonds is 4. The molecule has 1 amide bonds. The fraction of sp³-hybridized carbons (Fsp3) is 0.292. The number of benzene rings is 2. The van der Waals surface area contributed by atoms with Crippen molar-refractivity contribution >= 4 is 28.8 Å². The molecule has 0 bridgehead atoms. The van der Waals surface area contributed by atoms with Crippen molar-refractivity contribution in [2.45, 2.75) is 25.7 Å². The van der Waals surface area contributed by atoms with E-state index in [1.165, 1.54) is 30.5 Å². The second kappa shape index (κ2) is 8.14. The first-order valence-electron chi connectivity index (χ1n) is 10.6. The first kappa shape index (κ1) is 18.6. The lowest BCUT2D eigenvalue weighted by molar-refractivity contribution is 0.102. The molecule has 3 aromatic rings. The lowest BCUT2D eigenvalue weighted by atomic mass is 10.1. The zero-order valence-corrected chi connectivity index (χ0v) is 16.9. The van der Waals surface area contributed by atoms with Gasteiger partial charge in [0.25, 0.3) is 5.91 Å². The van der Waals surface area contributed by atoms with Crippen LogP contribution in [0.4, 0.5) is 22.9 Å². The number of piperidine rings is 1. The number of anilines is 4. The minimum absolute atomic E-state index is 0.249. The van der Waals surface area contributed by atoms with Crippen LogP contribution in [0.5, 0.6) is 0 Å². The molecule has 2 aliphatic heterocycles. The molecule has 0 saturated carbocycles. The Morgan fingerprint density at radius 1 is 0.867 bits per heavy atom. The molecule has 0 unspecified atom stereocenters. The Morgan fingerprint density at radius 2 is 1.67 bits per heavy atom. The summed E-state index contributed by atoms with van der Waals surface area (Å²) in [5, 5.41) is 2.92. The highest BCUT2D eigenvalue weighted by Crippen LogP contribution is 2.32. The number of carbonyl (C=O) groups is 1. The van der Waals surface area contributed by atoms with E-state index in [2.05, 4.69) is 55.4 Å². The number of para-hydroxylation sites is 1. The monoisotopic (exact) mass is 399 g/mol. The van der Waals surface area contributed by atoms with Gasteiger partial charge in [0.15, 0.2) is 5.82 Å². The van der Waals surface area contributed by atoms with Crippen LogP contribution >= 0.6 is 0 Å². The van der Waals surface area contributed by atoms with Crippen LogP contribution in [0.3, 0.4) is 0 Å². The van der Waals surface area contributed by atoms with Crippen LogP contribution in [-0.2, 0) is 6.42 Å². The lowest BCUT2D eigenvalue weighted by Crippen LogP contribution is -2.29. The summed E-state index contributed by atoms with van der Waals surface area (Å²) in [4.78, 5) is 26.0. The van der Waals surface area contributed by atoms with Crippen molar-refractivity contribution in [1.82, 2.24) is 9.97 Å². The van der Waals surface area contributed by atoms with Crippen LogP contribution in [0.25, 0.3) is 0 Å². The minimum atomic E-state index is -0.249. The summed E-state index contributed by atoms with van der Waals surface area (Å²) >= 11 is 0. The molecule has 0 radical (unpaired) electrons. The standard InChI is InChI=1S/C24H25N5O/c30-24(27-19-8-10-20(11-9-19)28-13-4-1-5-14-28)21-16-26-23(17-25-21)29-15-12-18-6-2-3-7-22(18)29/h2-3,6-11,16-17H,1,4-5,12-15H2,(H,27,30). The Kier molecular flexibility index (Phi) is 5.05. The number of hydrogen-bond donors (Lipinski definition) is 1. The summed E-state index contributed by atoms with van der Waals surface area (Å²) in [7, 11) is 0. The number of aromatic nitrogens is 2. The number of nitrogens with zero attached hydrogens (tertiary/aromatic N) is 4. The number of hydrogen-bond acceptors (Lipinski definition) is 5. The van der Waals surface area contributed by atoms with E-state index < -0.39 is 0 Å². The molecule has 6 heteroatoms. The van der Waals surface area contributed by atoms with E-state index >= 15 is 0 Å². The quantitative estimate of drug-likeness (QED) is 0.704. The molecule has 1 saturated heterocycles. The molecule has 30 heavy (non-hydrogen) atoms. The molecule has 2 aromatic carbocycles. The van der Waals surface area contributed by atoms with Crippen molar-refractivity contribution in [1.29, 1.82) is 0 Å². The average Bonchev–Trinajstić information content (AvgIpc) is 3.24. The Morgan fingerprint density at radius 3 is 2.43 bits per heavy atom. The summed E-state index contributed by atoms with van der Waals surface area (Å²) in [6.45, 7) is 3.09. The van der Waals surface area contributed by atoms with Gasteiger partial charge >= 0.3 is 0 Å². The van der Waals surface area contributed by atoms with Crippen molar-refractivity contribution in [3.8, 4) is 0 Å². The second-order valence-electron chi connectivity index (χ2n) is 7.84. The summed E-state index contributed by atoms with van der Waals surface area (Å²) in [6.07, 6.45) is 8.03. The van der Waals surface area contributed by atoms with E-state index in [1.54, 1.807) is 12.4 Å². The number of fused-ring (bicyclic) bond motifs is 1. The van der Waals surface area contributed by atoms with E-state index in [0.717, 1.165) is 43.2 Å². The fourth-order valence-corrected chi connectivity index (χ4v) is 4.26. The molecule has 1 N–H and O–H groups in total. The second-order valence-corrected chi connectivity index (χ2v) is 7.84. The van der Waals surface area contributed by atoms with Crippen LogP contribution in [0.2, 0.25) is 0 Å². The smallest absolute Gasteiger partial charge is 0.275 e.